The van der Waals surface area contributed by atoms with E-state index in [4.69, 9.17) is 23.7 Å². The van der Waals surface area contributed by atoms with Crippen LogP contribution >= 0.6 is 0 Å². The molecule has 3 aliphatic rings. The van der Waals surface area contributed by atoms with Crippen molar-refractivity contribution in [1.29, 1.82) is 0 Å². The van der Waals surface area contributed by atoms with Crippen molar-refractivity contribution < 1.29 is 33.3 Å². The maximum Gasteiger partial charge on any atom is 0.410 e. The van der Waals surface area contributed by atoms with Gasteiger partial charge in [0.1, 0.15) is 0 Å². The zero-order valence-electron chi connectivity index (χ0n) is 18.4. The molecule has 4 rings (SSSR count). The lowest BCUT2D eigenvalue weighted by atomic mass is 9.65. The summed E-state index contributed by atoms with van der Waals surface area (Å²) in [5.74, 6) is 1.36. The first-order chi connectivity index (χ1) is 15.0. The van der Waals surface area contributed by atoms with Crippen LogP contribution in [-0.4, -0.2) is 64.4 Å². The van der Waals surface area contributed by atoms with Crippen molar-refractivity contribution in [1.82, 2.24) is 4.90 Å². The molecule has 8 nitrogen and oxygen atoms in total. The quantitative estimate of drug-likeness (QED) is 0.712. The topological polar surface area (TPSA) is 83.5 Å². The standard InChI is InChI=1S/C23H27NO7/c1-6-31-22(26)24-8-7-14-21(30-5)20(25)18(29-4)12-23(14)15-11-17(28-3)16(27-2)9-13(15)10-19(23)24/h9,11-12,19H,6-8,10H2,1-5H3. The summed E-state index contributed by atoms with van der Waals surface area (Å²) in [4.78, 5) is 27.6. The number of hydrogen-bond acceptors (Lipinski definition) is 7. The first-order valence-electron chi connectivity index (χ1n) is 10.2. The van der Waals surface area contributed by atoms with Crippen molar-refractivity contribution in [2.75, 3.05) is 41.6 Å². The zero-order chi connectivity index (χ0) is 22.3. The second-order valence-electron chi connectivity index (χ2n) is 7.65. The van der Waals surface area contributed by atoms with E-state index in [9.17, 15) is 9.59 Å². The van der Waals surface area contributed by atoms with Gasteiger partial charge in [0.05, 0.1) is 46.5 Å². The minimum atomic E-state index is -0.787. The number of hydrogen-bond donors (Lipinski definition) is 0. The van der Waals surface area contributed by atoms with Crippen molar-refractivity contribution in [3.63, 3.8) is 0 Å². The van der Waals surface area contributed by atoms with Crippen LogP contribution in [0.3, 0.4) is 0 Å². The number of ketones is 1. The van der Waals surface area contributed by atoms with Crippen LogP contribution in [0, 0.1) is 0 Å². The highest BCUT2D eigenvalue weighted by Crippen LogP contribution is 2.56. The third kappa shape index (κ3) is 2.88. The summed E-state index contributed by atoms with van der Waals surface area (Å²) >= 11 is 0. The summed E-state index contributed by atoms with van der Waals surface area (Å²) in [5, 5.41) is 0. The van der Waals surface area contributed by atoms with Gasteiger partial charge >= 0.3 is 6.09 Å². The minimum absolute atomic E-state index is 0.193. The highest BCUT2D eigenvalue weighted by atomic mass is 16.6. The van der Waals surface area contributed by atoms with Crippen LogP contribution in [0.2, 0.25) is 0 Å². The summed E-state index contributed by atoms with van der Waals surface area (Å²) in [6.07, 6.45) is 2.50. The van der Waals surface area contributed by atoms with Crippen LogP contribution < -0.4 is 9.47 Å². The molecule has 1 amide bonds. The Bertz CT molecular complexity index is 996. The molecule has 2 atom stereocenters. The van der Waals surface area contributed by atoms with Crippen molar-refractivity contribution in [2.45, 2.75) is 31.2 Å². The van der Waals surface area contributed by atoms with Gasteiger partial charge in [-0.25, -0.2) is 4.79 Å². The fraction of sp³-hybridized carbons (Fsp3) is 0.478. The van der Waals surface area contributed by atoms with Crippen LogP contribution in [0.1, 0.15) is 24.5 Å². The molecule has 1 aliphatic heterocycles. The van der Waals surface area contributed by atoms with E-state index in [0.29, 0.717) is 30.9 Å². The number of amides is 1. The largest absolute Gasteiger partial charge is 0.493 e. The number of Topliss-reactive ketones (excluding diaryl/α,β-unsaturated/α-hetero) is 1. The lowest BCUT2D eigenvalue weighted by molar-refractivity contribution is -0.118. The molecular formula is C23H27NO7. The van der Waals surface area contributed by atoms with E-state index < -0.39 is 5.41 Å². The smallest absolute Gasteiger partial charge is 0.410 e. The Morgan fingerprint density at radius 1 is 1.10 bits per heavy atom. The van der Waals surface area contributed by atoms with Gasteiger partial charge in [0.2, 0.25) is 0 Å². The fourth-order valence-electron chi connectivity index (χ4n) is 5.21. The van der Waals surface area contributed by atoms with E-state index in [-0.39, 0.29) is 36.0 Å². The molecule has 0 N–H and O–H groups in total. The van der Waals surface area contributed by atoms with Crippen molar-refractivity contribution in [3.05, 3.63) is 46.4 Å². The van der Waals surface area contributed by atoms with Gasteiger partial charge < -0.3 is 28.6 Å². The summed E-state index contributed by atoms with van der Waals surface area (Å²) in [6, 6.07) is 3.56. The van der Waals surface area contributed by atoms with Crippen molar-refractivity contribution in [2.24, 2.45) is 0 Å². The molecule has 2 aliphatic carbocycles. The SMILES string of the molecule is CCOC(=O)N1CCC2=C(OC)C(=O)C(OC)=CC23c2cc(OC)c(OC)cc2CC13. The normalized spacial score (nSPS) is 24.0. The Hall–Kier alpha value is -3.16. The number of methoxy groups -OCH3 is 4. The van der Waals surface area contributed by atoms with Crippen LogP contribution in [-0.2, 0) is 30.8 Å². The van der Waals surface area contributed by atoms with Gasteiger partial charge in [-0.05, 0) is 54.7 Å². The van der Waals surface area contributed by atoms with Gasteiger partial charge in [0.25, 0.3) is 5.78 Å². The average Bonchev–Trinajstić information content (AvgIpc) is 3.10. The maximum atomic E-state index is 13.0. The number of benzene rings is 1. The third-order valence-corrected chi connectivity index (χ3v) is 6.46. The second-order valence-corrected chi connectivity index (χ2v) is 7.65. The molecule has 1 aromatic rings. The molecule has 1 spiro atoms. The van der Waals surface area contributed by atoms with E-state index in [2.05, 4.69) is 0 Å². The second kappa shape index (κ2) is 7.83. The maximum absolute atomic E-state index is 13.0. The van der Waals surface area contributed by atoms with Gasteiger partial charge in [0.15, 0.2) is 23.0 Å². The van der Waals surface area contributed by atoms with Crippen molar-refractivity contribution in [3.8, 4) is 11.5 Å². The van der Waals surface area contributed by atoms with Gasteiger partial charge in [-0.15, -0.1) is 0 Å². The van der Waals surface area contributed by atoms with Crippen molar-refractivity contribution >= 4 is 11.9 Å². The Labute approximate surface area is 181 Å². The first kappa shape index (κ1) is 21.1. The molecule has 1 aromatic carbocycles. The number of ether oxygens (including phenoxy) is 5. The van der Waals surface area contributed by atoms with Crippen LogP contribution in [0.5, 0.6) is 11.5 Å². The molecule has 1 fully saturated rings. The van der Waals surface area contributed by atoms with E-state index in [1.165, 1.54) is 14.2 Å². The molecule has 0 bridgehead atoms. The van der Waals surface area contributed by atoms with E-state index in [0.717, 1.165) is 16.7 Å². The molecule has 1 heterocycles. The van der Waals surface area contributed by atoms with Crippen LogP contribution in [0.25, 0.3) is 0 Å². The molecule has 0 saturated carbocycles. The number of fused-ring (bicyclic) bond motifs is 1. The summed E-state index contributed by atoms with van der Waals surface area (Å²) < 4.78 is 27.5. The van der Waals surface area contributed by atoms with Gasteiger partial charge in [-0.1, -0.05) is 0 Å². The number of rotatable bonds is 5. The minimum Gasteiger partial charge on any atom is -0.493 e. The Morgan fingerprint density at radius 2 is 1.81 bits per heavy atom. The zero-order valence-corrected chi connectivity index (χ0v) is 18.4. The average molecular weight is 429 g/mol. The molecule has 1 saturated heterocycles. The van der Waals surface area contributed by atoms with E-state index in [1.54, 1.807) is 26.0 Å². The van der Waals surface area contributed by atoms with E-state index in [1.807, 2.05) is 18.2 Å². The van der Waals surface area contributed by atoms with Crippen LogP contribution in [0.15, 0.2) is 35.3 Å². The molecular weight excluding hydrogens is 402 g/mol. The van der Waals surface area contributed by atoms with E-state index >= 15 is 0 Å². The predicted molar refractivity (Wildman–Crippen MR) is 111 cm³/mol. The number of carbonyl (C=O) groups excluding carboxylic acids is 2. The highest BCUT2D eigenvalue weighted by molar-refractivity contribution is 6.08. The predicted octanol–water partition coefficient (Wildman–Crippen LogP) is 2.74. The van der Waals surface area contributed by atoms with Gasteiger partial charge in [-0.2, -0.15) is 0 Å². The van der Waals surface area contributed by atoms with Gasteiger partial charge in [-0.3, -0.25) is 4.79 Å². The Balaban J connectivity index is 2.00. The monoisotopic (exact) mass is 429 g/mol. The Kier molecular flexibility index (Phi) is 5.33. The molecule has 31 heavy (non-hydrogen) atoms. The number of nitrogens with zero attached hydrogens (tertiary/aromatic N) is 1. The van der Waals surface area contributed by atoms with Crippen LogP contribution in [0.4, 0.5) is 4.79 Å². The molecule has 166 valence electrons. The number of carbonyl (C=O) groups is 2. The number of piperidine rings is 1. The molecule has 2 unspecified atom stereocenters. The molecule has 8 heteroatoms. The molecule has 0 aromatic heterocycles. The van der Waals surface area contributed by atoms with Gasteiger partial charge in [0, 0.05) is 6.54 Å². The fourth-order valence-corrected chi connectivity index (χ4v) is 5.21. The Morgan fingerprint density at radius 3 is 2.42 bits per heavy atom. The lowest BCUT2D eigenvalue weighted by Crippen LogP contribution is -2.57. The first-order valence-corrected chi connectivity index (χ1v) is 10.2. The molecule has 0 radical (unpaired) electrons. The number of likely N-dealkylation sites (tertiary alicyclic amines) is 1. The highest BCUT2D eigenvalue weighted by Gasteiger charge is 2.58. The summed E-state index contributed by atoms with van der Waals surface area (Å²) in [6.45, 7) is 2.50. The summed E-state index contributed by atoms with van der Waals surface area (Å²) in [5.41, 5.74) is 2.01. The summed E-state index contributed by atoms with van der Waals surface area (Å²) in [7, 11) is 6.12. The third-order valence-electron chi connectivity index (χ3n) is 6.46. The lowest BCUT2D eigenvalue weighted by Gasteiger charge is -2.48.